The van der Waals surface area contributed by atoms with E-state index in [0.717, 1.165) is 5.56 Å². The van der Waals surface area contributed by atoms with Gasteiger partial charge in [-0.15, -0.1) is 0 Å². The number of carbonyl (C=O) groups excluding carboxylic acids is 1. The van der Waals surface area contributed by atoms with E-state index in [1.807, 2.05) is 0 Å². The number of halogens is 1. The van der Waals surface area contributed by atoms with Crippen molar-refractivity contribution in [1.82, 2.24) is 4.31 Å². The van der Waals surface area contributed by atoms with Crippen LogP contribution in [0.4, 0.5) is 5.69 Å². The normalized spacial score (nSPS) is 17.4. The van der Waals surface area contributed by atoms with E-state index in [0.29, 0.717) is 42.1 Å². The molecule has 8 heteroatoms. The van der Waals surface area contributed by atoms with Crippen molar-refractivity contribution in [2.24, 2.45) is 5.92 Å². The van der Waals surface area contributed by atoms with Gasteiger partial charge in [0, 0.05) is 23.8 Å². The molecule has 2 aromatic rings. The van der Waals surface area contributed by atoms with Crippen LogP contribution in [-0.4, -0.2) is 31.7 Å². The maximum atomic E-state index is 12.8. The van der Waals surface area contributed by atoms with Crippen molar-refractivity contribution >= 4 is 33.2 Å². The van der Waals surface area contributed by atoms with Gasteiger partial charge in [0.15, 0.2) is 0 Å². The molecule has 1 fully saturated rings. The lowest BCUT2D eigenvalue weighted by molar-refractivity contribution is -0.120. The standard InChI is InChI=1S/C21H22ClN3O3S/c22-20-6-2-1-4-18(20)15-29(27,28)25-13-3-5-17(14-25)21(26)24-19-9-7-16(8-10-19)11-12-23/h1-2,4,6-10,17H,3,5,11,13-15H2,(H,24,26). The molecule has 0 aromatic heterocycles. The molecular formula is C21H22ClN3O3S. The number of nitrogens with one attached hydrogen (secondary N) is 1. The fourth-order valence-electron chi connectivity index (χ4n) is 3.35. The van der Waals surface area contributed by atoms with Gasteiger partial charge in [0.05, 0.1) is 24.2 Å². The minimum Gasteiger partial charge on any atom is -0.326 e. The summed E-state index contributed by atoms with van der Waals surface area (Å²) in [5.41, 5.74) is 2.06. The van der Waals surface area contributed by atoms with Crippen LogP contribution in [0.2, 0.25) is 5.02 Å². The molecule has 0 bridgehead atoms. The predicted molar refractivity (Wildman–Crippen MR) is 113 cm³/mol. The van der Waals surface area contributed by atoms with Gasteiger partial charge in [-0.2, -0.15) is 5.26 Å². The molecule has 6 nitrogen and oxygen atoms in total. The fraction of sp³-hybridized carbons (Fsp3) is 0.333. The van der Waals surface area contributed by atoms with Gasteiger partial charge >= 0.3 is 0 Å². The molecule has 1 saturated heterocycles. The maximum absolute atomic E-state index is 12.8. The van der Waals surface area contributed by atoms with Crippen LogP contribution in [0.1, 0.15) is 24.0 Å². The van der Waals surface area contributed by atoms with E-state index in [-0.39, 0.29) is 18.2 Å². The van der Waals surface area contributed by atoms with Gasteiger partial charge in [-0.05, 0) is 42.2 Å². The second-order valence-corrected chi connectivity index (χ2v) is 9.44. The third kappa shape index (κ3) is 5.57. The van der Waals surface area contributed by atoms with E-state index >= 15 is 0 Å². The number of carbonyl (C=O) groups is 1. The van der Waals surface area contributed by atoms with Crippen molar-refractivity contribution in [2.75, 3.05) is 18.4 Å². The highest BCUT2D eigenvalue weighted by Crippen LogP contribution is 2.25. The summed E-state index contributed by atoms with van der Waals surface area (Å²) >= 11 is 6.10. The van der Waals surface area contributed by atoms with E-state index < -0.39 is 15.9 Å². The summed E-state index contributed by atoms with van der Waals surface area (Å²) in [5, 5.41) is 12.0. The van der Waals surface area contributed by atoms with Crippen LogP contribution in [-0.2, 0) is 27.0 Å². The lowest BCUT2D eigenvalue weighted by Gasteiger charge is -2.31. The summed E-state index contributed by atoms with van der Waals surface area (Å²) in [7, 11) is -3.57. The Kier molecular flexibility index (Phi) is 6.91. The zero-order valence-corrected chi connectivity index (χ0v) is 17.4. The van der Waals surface area contributed by atoms with Crippen LogP contribution in [0.15, 0.2) is 48.5 Å². The molecule has 1 N–H and O–H groups in total. The van der Waals surface area contributed by atoms with Crippen LogP contribution in [0.3, 0.4) is 0 Å². The number of hydrogen-bond acceptors (Lipinski definition) is 4. The average molecular weight is 432 g/mol. The first-order chi connectivity index (χ1) is 13.9. The summed E-state index contributed by atoms with van der Waals surface area (Å²) in [6.07, 6.45) is 1.58. The predicted octanol–water partition coefficient (Wildman–Crippen LogP) is 3.59. The Bertz CT molecular complexity index is 1020. The third-order valence-electron chi connectivity index (χ3n) is 4.95. The largest absolute Gasteiger partial charge is 0.326 e. The van der Waals surface area contributed by atoms with Crippen molar-refractivity contribution in [2.45, 2.75) is 25.0 Å². The van der Waals surface area contributed by atoms with Crippen LogP contribution in [0.5, 0.6) is 0 Å². The SMILES string of the molecule is N#CCc1ccc(NC(=O)C2CCCN(S(=O)(=O)Cc3ccccc3Cl)C2)cc1. The van der Waals surface area contributed by atoms with Crippen LogP contribution < -0.4 is 5.32 Å². The summed E-state index contributed by atoms with van der Waals surface area (Å²) in [4.78, 5) is 12.7. The van der Waals surface area contributed by atoms with Crippen molar-refractivity contribution in [3.8, 4) is 6.07 Å². The number of amides is 1. The molecule has 0 aliphatic carbocycles. The molecule has 2 aromatic carbocycles. The molecule has 1 unspecified atom stereocenters. The van der Waals surface area contributed by atoms with Crippen LogP contribution >= 0.6 is 11.6 Å². The Balaban J connectivity index is 1.64. The highest BCUT2D eigenvalue weighted by Gasteiger charge is 2.32. The topological polar surface area (TPSA) is 90.3 Å². The number of piperidine rings is 1. The molecule has 1 aliphatic rings. The van der Waals surface area contributed by atoms with E-state index in [4.69, 9.17) is 16.9 Å². The highest BCUT2D eigenvalue weighted by atomic mass is 35.5. The zero-order chi connectivity index (χ0) is 20.9. The maximum Gasteiger partial charge on any atom is 0.228 e. The minimum absolute atomic E-state index is 0.158. The number of nitrogens with zero attached hydrogens (tertiary/aromatic N) is 2. The summed E-state index contributed by atoms with van der Waals surface area (Å²) in [6, 6.07) is 16.0. The van der Waals surface area contributed by atoms with E-state index in [1.165, 1.54) is 4.31 Å². The Hall–Kier alpha value is -2.40. The van der Waals surface area contributed by atoms with Gasteiger partial charge in [0.1, 0.15) is 0 Å². The molecule has 1 amide bonds. The molecular weight excluding hydrogens is 410 g/mol. The molecule has 1 heterocycles. The van der Waals surface area contributed by atoms with Gasteiger partial charge in [0.25, 0.3) is 0 Å². The minimum atomic E-state index is -3.57. The quantitative estimate of drug-likeness (QED) is 0.756. The Morgan fingerprint density at radius 3 is 2.62 bits per heavy atom. The van der Waals surface area contributed by atoms with Crippen LogP contribution in [0.25, 0.3) is 0 Å². The van der Waals surface area contributed by atoms with Crippen LogP contribution in [0, 0.1) is 17.2 Å². The second-order valence-electron chi connectivity index (χ2n) is 7.07. The first-order valence-corrected chi connectivity index (χ1v) is 11.4. The number of anilines is 1. The molecule has 1 atom stereocenters. The third-order valence-corrected chi connectivity index (χ3v) is 7.11. The summed E-state index contributed by atoms with van der Waals surface area (Å²) < 4.78 is 27.1. The molecule has 3 rings (SSSR count). The highest BCUT2D eigenvalue weighted by molar-refractivity contribution is 7.88. The first-order valence-electron chi connectivity index (χ1n) is 9.37. The monoisotopic (exact) mass is 431 g/mol. The fourth-order valence-corrected chi connectivity index (χ4v) is 5.28. The Morgan fingerprint density at radius 1 is 1.21 bits per heavy atom. The second kappa shape index (κ2) is 9.40. The number of hydrogen-bond donors (Lipinski definition) is 1. The van der Waals surface area contributed by atoms with Crippen molar-refractivity contribution < 1.29 is 13.2 Å². The first kappa shape index (κ1) is 21.3. The summed E-state index contributed by atoms with van der Waals surface area (Å²) in [6.45, 7) is 0.560. The van der Waals surface area contributed by atoms with E-state index in [1.54, 1.807) is 48.5 Å². The van der Waals surface area contributed by atoms with Gasteiger partial charge in [0.2, 0.25) is 15.9 Å². The lowest BCUT2D eigenvalue weighted by Crippen LogP contribution is -2.44. The van der Waals surface area contributed by atoms with Crippen molar-refractivity contribution in [1.29, 1.82) is 5.26 Å². The van der Waals surface area contributed by atoms with Gasteiger partial charge < -0.3 is 5.32 Å². The number of nitriles is 1. The van der Waals surface area contributed by atoms with Crippen molar-refractivity contribution in [3.05, 3.63) is 64.7 Å². The van der Waals surface area contributed by atoms with E-state index in [9.17, 15) is 13.2 Å². The van der Waals surface area contributed by atoms with Gasteiger partial charge in [-0.1, -0.05) is 41.9 Å². The summed E-state index contributed by atoms with van der Waals surface area (Å²) in [5.74, 6) is -0.791. The molecule has 0 spiro atoms. The average Bonchev–Trinajstić information content (AvgIpc) is 2.71. The Labute approximate surface area is 176 Å². The molecule has 29 heavy (non-hydrogen) atoms. The number of rotatable bonds is 6. The number of benzene rings is 2. The molecule has 152 valence electrons. The van der Waals surface area contributed by atoms with E-state index in [2.05, 4.69) is 11.4 Å². The smallest absolute Gasteiger partial charge is 0.228 e. The number of sulfonamides is 1. The van der Waals surface area contributed by atoms with Gasteiger partial charge in [-0.25, -0.2) is 12.7 Å². The van der Waals surface area contributed by atoms with Crippen molar-refractivity contribution in [3.63, 3.8) is 0 Å². The zero-order valence-electron chi connectivity index (χ0n) is 15.8. The Morgan fingerprint density at radius 2 is 1.93 bits per heavy atom. The lowest BCUT2D eigenvalue weighted by atomic mass is 9.98. The molecule has 1 aliphatic heterocycles. The molecule has 0 saturated carbocycles. The molecule has 0 radical (unpaired) electrons. The van der Waals surface area contributed by atoms with Gasteiger partial charge in [-0.3, -0.25) is 4.79 Å².